The Morgan fingerprint density at radius 2 is 1.52 bits per heavy atom. The summed E-state index contributed by atoms with van der Waals surface area (Å²) in [5.41, 5.74) is 0.318. The van der Waals surface area contributed by atoms with Crippen LogP contribution in [0.4, 0.5) is 0 Å². The quantitative estimate of drug-likeness (QED) is 0.0183. The molecule has 24 heteroatoms. The van der Waals surface area contributed by atoms with E-state index in [1.54, 1.807) is 43.3 Å². The molecular weight excluding hydrogens is 1000 g/mol. The molecule has 404 valence electrons. The van der Waals surface area contributed by atoms with Crippen molar-refractivity contribution in [1.29, 1.82) is 0 Å². The van der Waals surface area contributed by atoms with E-state index in [2.05, 4.69) is 31.9 Å². The van der Waals surface area contributed by atoms with Crippen LogP contribution < -0.4 is 46.9 Å². The number of aromatic nitrogens is 2. The SMILES string of the molecule is [2H]C1([2H])Oc2cc3nc4c(c(CNC(=O)C(OCNC(=O)CNC(=O)[C@H](Cc5ccccc5)NC(=O)CNC(=O)CNC(=O)CCCCCN5C(=O)C=CC5=O)C5CC5)c3cc2O1)Cn1c-4cc2c(c1=O)COC(=O)[C@]2(O)CC. The van der Waals surface area contributed by atoms with Crippen LogP contribution in [0.2, 0.25) is 0 Å². The van der Waals surface area contributed by atoms with Crippen LogP contribution >= 0.6 is 0 Å². The van der Waals surface area contributed by atoms with Gasteiger partial charge in [0.05, 0.1) is 48.6 Å². The number of carbonyl (C=O) groups excluding carboxylic acids is 9. The number of hydrogen-bond donors (Lipinski definition) is 7. The molecule has 3 atom stereocenters. The number of carbonyl (C=O) groups is 9. The lowest BCUT2D eigenvalue weighted by Gasteiger charge is -2.31. The maximum absolute atomic E-state index is 14.0. The first-order valence-electron chi connectivity index (χ1n) is 26.2. The van der Waals surface area contributed by atoms with Crippen molar-refractivity contribution in [2.45, 2.75) is 95.7 Å². The van der Waals surface area contributed by atoms with Gasteiger partial charge in [-0.1, -0.05) is 43.7 Å². The predicted octanol–water partition coefficient (Wildman–Crippen LogP) is -0.145. The summed E-state index contributed by atoms with van der Waals surface area (Å²) in [6.45, 7) is -3.01. The number of esters is 1. The van der Waals surface area contributed by atoms with Gasteiger partial charge in [-0.15, -0.1) is 0 Å². The van der Waals surface area contributed by atoms with Crippen LogP contribution in [0.15, 0.2) is 65.5 Å². The summed E-state index contributed by atoms with van der Waals surface area (Å²) in [4.78, 5) is 134. The standard InChI is InChI=1S/C53H57N9O15/c1-2-53(73)35-19-38-47-33(25-62(38)51(71)34(35)26-74-52(53)72)32(31-18-39-40(77-28-76-39)20-36(31)60-47)21-56-50(70)48(30-12-13-30)75-27-58-43(65)23-57-49(69)37(17-29-9-5-3-6-10-29)59-44(66)24-55-42(64)22-54-41(63)11-7-4-8-16-61-45(67)14-15-46(61)68/h3,5-6,9-10,14-15,18-20,30,37,48,73H,2,4,7-8,11-13,16-17,21-28H2,1H3,(H,54,63)(H,55,64)(H,56,70)(H,57,69)(H,58,65)(H,59,66)/t37-,48?,53-/m0/s1/i28D2. The van der Waals surface area contributed by atoms with Crippen LogP contribution in [0.5, 0.6) is 11.5 Å². The number of pyridine rings is 2. The van der Waals surface area contributed by atoms with E-state index in [0.717, 1.165) is 4.90 Å². The fourth-order valence-corrected chi connectivity index (χ4v) is 9.50. The molecule has 7 N–H and O–H groups in total. The van der Waals surface area contributed by atoms with Crippen molar-refractivity contribution < 1.29 is 69.9 Å². The minimum Gasteiger partial charge on any atom is -0.458 e. The monoisotopic (exact) mass is 1060 g/mol. The van der Waals surface area contributed by atoms with Gasteiger partial charge in [-0.25, -0.2) is 9.78 Å². The molecule has 0 bridgehead atoms. The molecule has 1 fully saturated rings. The minimum absolute atomic E-state index is 0.0101. The van der Waals surface area contributed by atoms with Crippen LogP contribution in [0, 0.1) is 5.92 Å². The predicted molar refractivity (Wildman–Crippen MR) is 269 cm³/mol. The van der Waals surface area contributed by atoms with Crippen molar-refractivity contribution in [2.75, 3.05) is 39.7 Å². The molecule has 1 unspecified atom stereocenters. The molecule has 77 heavy (non-hydrogen) atoms. The fraction of sp³-hybridized carbons (Fsp3) is 0.415. The number of fused-ring (bicyclic) bond motifs is 6. The molecule has 6 heterocycles. The second-order valence-corrected chi connectivity index (χ2v) is 19.1. The van der Waals surface area contributed by atoms with Crippen molar-refractivity contribution in [3.8, 4) is 22.9 Å². The van der Waals surface area contributed by atoms with Gasteiger partial charge >= 0.3 is 5.97 Å². The smallest absolute Gasteiger partial charge is 0.343 e. The molecule has 8 amide bonds. The van der Waals surface area contributed by atoms with Crippen LogP contribution in [0.25, 0.3) is 22.3 Å². The Morgan fingerprint density at radius 3 is 2.26 bits per heavy atom. The number of cyclic esters (lactones) is 1. The number of hydrogen-bond acceptors (Lipinski definition) is 16. The number of amides is 8. The van der Waals surface area contributed by atoms with Crippen molar-refractivity contribution in [3.05, 3.63) is 98.9 Å². The molecule has 0 saturated heterocycles. The molecule has 4 aliphatic heterocycles. The summed E-state index contributed by atoms with van der Waals surface area (Å²) in [7, 11) is 0. The van der Waals surface area contributed by atoms with E-state index < -0.39 is 97.8 Å². The zero-order valence-corrected chi connectivity index (χ0v) is 41.8. The van der Waals surface area contributed by atoms with Crippen LogP contribution in [0.3, 0.4) is 0 Å². The van der Waals surface area contributed by atoms with Crippen molar-refractivity contribution in [1.82, 2.24) is 46.4 Å². The Hall–Kier alpha value is -8.51. The van der Waals surface area contributed by atoms with E-state index in [1.165, 1.54) is 28.9 Å². The minimum atomic E-state index is -2.47. The van der Waals surface area contributed by atoms with Gasteiger partial charge in [0.2, 0.25) is 42.2 Å². The van der Waals surface area contributed by atoms with Crippen molar-refractivity contribution in [3.63, 3.8) is 0 Å². The average Bonchev–Trinajstić information content (AvgIpc) is 4.16. The van der Waals surface area contributed by atoms with E-state index in [0.29, 0.717) is 71.1 Å². The third-order valence-corrected chi connectivity index (χ3v) is 13.9. The van der Waals surface area contributed by atoms with Gasteiger partial charge < -0.3 is 60.5 Å². The van der Waals surface area contributed by atoms with Gasteiger partial charge in [-0.3, -0.25) is 48.1 Å². The fourth-order valence-electron chi connectivity index (χ4n) is 9.50. The average molecular weight is 1060 g/mol. The first kappa shape index (κ1) is 50.6. The van der Waals surface area contributed by atoms with E-state index in [4.69, 9.17) is 26.7 Å². The van der Waals surface area contributed by atoms with Crippen molar-refractivity contribution >= 4 is 64.1 Å². The van der Waals surface area contributed by atoms with Crippen LogP contribution in [0.1, 0.15) is 82.4 Å². The third-order valence-electron chi connectivity index (χ3n) is 13.9. The second kappa shape index (κ2) is 23.2. The molecule has 9 rings (SSSR count). The first-order chi connectivity index (χ1) is 37.8. The normalized spacial score (nSPS) is 18.5. The Balaban J connectivity index is 0.774. The molecule has 1 aliphatic carbocycles. The van der Waals surface area contributed by atoms with Crippen LogP contribution in [-0.4, -0.2) is 125 Å². The number of benzene rings is 2. The molecular formula is C53H57N9O15. The summed E-state index contributed by atoms with van der Waals surface area (Å²) in [6, 6.07) is 12.1. The summed E-state index contributed by atoms with van der Waals surface area (Å²) >= 11 is 0. The topological polar surface area (TPSA) is 321 Å². The zero-order valence-electron chi connectivity index (χ0n) is 43.8. The van der Waals surface area contributed by atoms with Gasteiger partial charge in [-0.2, -0.15) is 0 Å². The molecule has 0 spiro atoms. The Bertz CT molecular complexity index is 3240. The number of imide groups is 1. The maximum Gasteiger partial charge on any atom is 0.343 e. The summed E-state index contributed by atoms with van der Waals surface area (Å²) in [6.07, 6.45) is 4.30. The number of unbranched alkanes of at least 4 members (excludes halogenated alkanes) is 2. The second-order valence-electron chi connectivity index (χ2n) is 19.1. The lowest BCUT2D eigenvalue weighted by Crippen LogP contribution is -2.52. The summed E-state index contributed by atoms with van der Waals surface area (Å²) in [5.74, 6) is -5.38. The van der Waals surface area contributed by atoms with E-state index in [1.807, 2.05) is 0 Å². The van der Waals surface area contributed by atoms with Gasteiger partial charge in [0.25, 0.3) is 17.4 Å². The summed E-state index contributed by atoms with van der Waals surface area (Å²) in [5, 5.41) is 27.3. The number of nitrogens with zero attached hydrogens (tertiary/aromatic N) is 3. The number of aliphatic hydroxyl groups is 1. The highest BCUT2D eigenvalue weighted by atomic mass is 16.7. The Morgan fingerprint density at radius 1 is 0.818 bits per heavy atom. The van der Waals surface area contributed by atoms with E-state index >= 15 is 0 Å². The molecule has 5 aliphatic rings. The maximum atomic E-state index is 14.0. The van der Waals surface area contributed by atoms with Gasteiger partial charge in [0.15, 0.2) is 17.1 Å². The lowest BCUT2D eigenvalue weighted by atomic mass is 9.86. The summed E-state index contributed by atoms with van der Waals surface area (Å²) < 4.78 is 39.4. The molecule has 2 aromatic carbocycles. The first-order valence-corrected chi connectivity index (χ1v) is 25.2. The van der Waals surface area contributed by atoms with Gasteiger partial charge in [0.1, 0.15) is 28.2 Å². The molecule has 24 nitrogen and oxygen atoms in total. The Kier molecular flexibility index (Phi) is 15.2. The highest BCUT2D eigenvalue weighted by Gasteiger charge is 2.46. The van der Waals surface area contributed by atoms with Gasteiger partial charge in [0, 0.05) is 60.7 Å². The Labute approximate surface area is 442 Å². The van der Waals surface area contributed by atoms with Crippen LogP contribution in [-0.2, 0) is 84.3 Å². The zero-order chi connectivity index (χ0) is 56.2. The molecule has 1 saturated carbocycles. The number of ether oxygens (including phenoxy) is 4. The van der Waals surface area contributed by atoms with Gasteiger partial charge in [-0.05, 0) is 61.3 Å². The lowest BCUT2D eigenvalue weighted by molar-refractivity contribution is -0.172. The van der Waals surface area contributed by atoms with Crippen molar-refractivity contribution in [2.24, 2.45) is 5.92 Å². The number of rotatable bonds is 24. The molecule has 2 aromatic heterocycles. The highest BCUT2D eigenvalue weighted by Crippen LogP contribution is 2.43. The molecule has 4 aromatic rings. The number of nitrogens with one attached hydrogen (secondary N) is 6. The largest absolute Gasteiger partial charge is 0.458 e. The third kappa shape index (κ3) is 12.0. The van der Waals surface area contributed by atoms with E-state index in [-0.39, 0.29) is 85.9 Å². The van der Waals surface area contributed by atoms with E-state index in [9.17, 15) is 53.1 Å². The molecule has 0 radical (unpaired) electrons. The highest BCUT2D eigenvalue weighted by molar-refractivity contribution is 6.12.